The third kappa shape index (κ3) is 4.44. The molecule has 1 aromatic carbocycles. The van der Waals surface area contributed by atoms with Crippen LogP contribution >= 0.6 is 11.6 Å². The molecule has 1 aliphatic heterocycles. The first-order valence-corrected chi connectivity index (χ1v) is 10.6. The van der Waals surface area contributed by atoms with E-state index in [1.54, 1.807) is 18.7 Å². The van der Waals surface area contributed by atoms with Crippen molar-refractivity contribution in [3.63, 3.8) is 0 Å². The Kier molecular flexibility index (Phi) is 6.55. The lowest BCUT2D eigenvalue weighted by Gasteiger charge is -2.31. The third-order valence-electron chi connectivity index (χ3n) is 6.07. The lowest BCUT2D eigenvalue weighted by atomic mass is 9.96. The van der Waals surface area contributed by atoms with E-state index in [1.807, 2.05) is 32.2 Å². The summed E-state index contributed by atoms with van der Waals surface area (Å²) in [6, 6.07) is 4.59. The second-order valence-corrected chi connectivity index (χ2v) is 8.62. The van der Waals surface area contributed by atoms with E-state index in [4.69, 9.17) is 16.3 Å². The molecular weight excluding hydrogens is 384 g/mol. The number of ether oxygens (including phenoxy) is 1. The summed E-state index contributed by atoms with van der Waals surface area (Å²) in [5, 5.41) is 0.670. The molecule has 2 aromatic rings. The molecule has 0 atom stereocenters. The Balaban J connectivity index is 2.00. The van der Waals surface area contributed by atoms with Crippen LogP contribution in [0.4, 0.5) is 0 Å². The van der Waals surface area contributed by atoms with Crippen molar-refractivity contribution >= 4 is 17.7 Å². The second-order valence-electron chi connectivity index (χ2n) is 8.22. The molecule has 0 spiro atoms. The number of aryl methyl sites for hydroxylation is 1. The van der Waals surface area contributed by atoms with Gasteiger partial charge in [0.05, 0.1) is 12.1 Å². The lowest BCUT2D eigenvalue weighted by Crippen LogP contribution is -2.36. The van der Waals surface area contributed by atoms with Crippen LogP contribution in [-0.4, -0.2) is 35.7 Å². The van der Waals surface area contributed by atoms with Crippen molar-refractivity contribution in [1.82, 2.24) is 9.47 Å². The fourth-order valence-electron chi connectivity index (χ4n) is 4.00. The van der Waals surface area contributed by atoms with Crippen molar-refractivity contribution in [2.24, 2.45) is 7.05 Å². The van der Waals surface area contributed by atoms with Crippen LogP contribution in [0, 0.1) is 13.8 Å². The van der Waals surface area contributed by atoms with Gasteiger partial charge in [0.15, 0.2) is 0 Å². The van der Waals surface area contributed by atoms with E-state index in [1.165, 1.54) is 5.57 Å². The summed E-state index contributed by atoms with van der Waals surface area (Å²) in [5.74, 6) is 0.761. The van der Waals surface area contributed by atoms with E-state index in [2.05, 4.69) is 24.8 Å². The number of hydrogen-bond acceptors (Lipinski definition) is 3. The quantitative estimate of drug-likeness (QED) is 0.687. The molecule has 1 fully saturated rings. The number of halogens is 1. The number of likely N-dealkylation sites (tertiary alicyclic amines) is 1. The SMILES string of the molecule is COc1cc(-c2cn(C)c(=O)c(C)c2C)cc(Cl)c1C=C1CCN(C(C)C)CC1. The van der Waals surface area contributed by atoms with Gasteiger partial charge in [-0.15, -0.1) is 0 Å². The lowest BCUT2D eigenvalue weighted by molar-refractivity contribution is 0.208. The molecule has 2 heterocycles. The molecule has 1 aliphatic rings. The van der Waals surface area contributed by atoms with Gasteiger partial charge in [0.1, 0.15) is 5.75 Å². The highest BCUT2D eigenvalue weighted by molar-refractivity contribution is 6.32. The summed E-state index contributed by atoms with van der Waals surface area (Å²) in [6.07, 6.45) is 6.17. The Morgan fingerprint density at radius 2 is 1.79 bits per heavy atom. The minimum atomic E-state index is 0.0263. The van der Waals surface area contributed by atoms with Gasteiger partial charge >= 0.3 is 0 Å². The average Bonchev–Trinajstić information content (AvgIpc) is 2.70. The van der Waals surface area contributed by atoms with E-state index in [-0.39, 0.29) is 5.56 Å². The van der Waals surface area contributed by atoms with Gasteiger partial charge in [-0.1, -0.05) is 23.3 Å². The number of benzene rings is 1. The molecule has 4 nitrogen and oxygen atoms in total. The van der Waals surface area contributed by atoms with Crippen LogP contribution in [-0.2, 0) is 7.05 Å². The molecular formula is C24H31ClN2O2. The van der Waals surface area contributed by atoms with E-state index >= 15 is 0 Å². The first-order chi connectivity index (χ1) is 13.7. The largest absolute Gasteiger partial charge is 0.496 e. The molecule has 1 saturated heterocycles. The number of pyridine rings is 1. The van der Waals surface area contributed by atoms with Gasteiger partial charge in [-0.25, -0.2) is 0 Å². The van der Waals surface area contributed by atoms with Gasteiger partial charge < -0.3 is 14.2 Å². The predicted molar refractivity (Wildman–Crippen MR) is 122 cm³/mol. The number of methoxy groups -OCH3 is 1. The zero-order valence-electron chi connectivity index (χ0n) is 18.3. The van der Waals surface area contributed by atoms with Crippen LogP contribution in [0.5, 0.6) is 5.75 Å². The summed E-state index contributed by atoms with van der Waals surface area (Å²) in [4.78, 5) is 14.7. The summed E-state index contributed by atoms with van der Waals surface area (Å²) in [6.45, 7) is 10.5. The molecule has 29 heavy (non-hydrogen) atoms. The van der Waals surface area contributed by atoms with Gasteiger partial charge in [0.2, 0.25) is 0 Å². The van der Waals surface area contributed by atoms with Crippen LogP contribution < -0.4 is 10.3 Å². The topological polar surface area (TPSA) is 34.5 Å². The first kappa shape index (κ1) is 21.7. The highest BCUT2D eigenvalue weighted by atomic mass is 35.5. The summed E-state index contributed by atoms with van der Waals surface area (Å²) in [5.41, 5.74) is 6.04. The zero-order chi connectivity index (χ0) is 21.3. The number of nitrogens with zero attached hydrogens (tertiary/aromatic N) is 2. The Morgan fingerprint density at radius 3 is 2.38 bits per heavy atom. The molecule has 5 heteroatoms. The number of piperidine rings is 1. The Labute approximate surface area is 178 Å². The summed E-state index contributed by atoms with van der Waals surface area (Å²) >= 11 is 6.72. The van der Waals surface area contributed by atoms with Crippen LogP contribution in [0.3, 0.4) is 0 Å². The van der Waals surface area contributed by atoms with Gasteiger partial charge in [-0.2, -0.15) is 0 Å². The van der Waals surface area contributed by atoms with Crippen molar-refractivity contribution < 1.29 is 4.74 Å². The van der Waals surface area contributed by atoms with Crippen molar-refractivity contribution in [2.45, 2.75) is 46.6 Å². The van der Waals surface area contributed by atoms with Crippen LogP contribution in [0.25, 0.3) is 17.2 Å². The molecule has 0 aliphatic carbocycles. The molecule has 0 unspecified atom stereocenters. The Morgan fingerprint density at radius 1 is 1.14 bits per heavy atom. The normalized spacial score (nSPS) is 15.1. The van der Waals surface area contributed by atoms with E-state index in [0.717, 1.165) is 59.5 Å². The minimum absolute atomic E-state index is 0.0263. The zero-order valence-corrected chi connectivity index (χ0v) is 19.1. The van der Waals surface area contributed by atoms with Gasteiger partial charge in [-0.05, 0) is 63.8 Å². The standard InChI is InChI=1S/C24H31ClN2O2/c1-15(2)27-9-7-18(8-10-27)11-20-22(25)12-19(13-23(20)29-6)21-14-26(5)24(28)17(4)16(21)3/h11-15H,7-10H2,1-6H3. The van der Waals surface area contributed by atoms with Crippen LogP contribution in [0.2, 0.25) is 5.02 Å². The molecule has 156 valence electrons. The van der Waals surface area contributed by atoms with E-state index in [9.17, 15) is 4.79 Å². The highest BCUT2D eigenvalue weighted by Gasteiger charge is 2.18. The second kappa shape index (κ2) is 8.76. The first-order valence-electron chi connectivity index (χ1n) is 10.2. The third-order valence-corrected chi connectivity index (χ3v) is 6.38. The fraction of sp³-hybridized carbons (Fsp3) is 0.458. The molecule has 0 amide bonds. The number of hydrogen-bond donors (Lipinski definition) is 0. The van der Waals surface area contributed by atoms with Gasteiger partial charge in [-0.3, -0.25) is 4.79 Å². The average molecular weight is 415 g/mol. The highest BCUT2D eigenvalue weighted by Crippen LogP contribution is 2.37. The van der Waals surface area contributed by atoms with E-state index in [0.29, 0.717) is 11.1 Å². The maximum Gasteiger partial charge on any atom is 0.253 e. The molecule has 0 saturated carbocycles. The molecule has 1 aromatic heterocycles. The van der Waals surface area contributed by atoms with Crippen molar-refractivity contribution in [3.8, 4) is 16.9 Å². The smallest absolute Gasteiger partial charge is 0.253 e. The Hall–Kier alpha value is -2.04. The molecule has 0 N–H and O–H groups in total. The van der Waals surface area contributed by atoms with Crippen LogP contribution in [0.15, 0.2) is 28.7 Å². The maximum absolute atomic E-state index is 12.2. The molecule has 3 rings (SSSR count). The minimum Gasteiger partial charge on any atom is -0.496 e. The Bertz CT molecular complexity index is 995. The summed E-state index contributed by atoms with van der Waals surface area (Å²) < 4.78 is 7.33. The van der Waals surface area contributed by atoms with E-state index < -0.39 is 0 Å². The number of aromatic nitrogens is 1. The van der Waals surface area contributed by atoms with Crippen molar-refractivity contribution in [3.05, 3.63) is 56.0 Å². The van der Waals surface area contributed by atoms with Crippen molar-refractivity contribution in [2.75, 3.05) is 20.2 Å². The van der Waals surface area contributed by atoms with Gasteiger partial charge in [0, 0.05) is 49.1 Å². The monoisotopic (exact) mass is 414 g/mol. The maximum atomic E-state index is 12.2. The van der Waals surface area contributed by atoms with Gasteiger partial charge in [0.25, 0.3) is 5.56 Å². The molecule has 0 bridgehead atoms. The predicted octanol–water partition coefficient (Wildman–Crippen LogP) is 5.22. The van der Waals surface area contributed by atoms with Crippen LogP contribution in [0.1, 0.15) is 43.4 Å². The van der Waals surface area contributed by atoms with Crippen molar-refractivity contribution in [1.29, 1.82) is 0 Å². The summed E-state index contributed by atoms with van der Waals surface area (Å²) in [7, 11) is 3.46. The fourth-order valence-corrected chi connectivity index (χ4v) is 4.27. The number of rotatable bonds is 4. The molecule has 0 radical (unpaired) electrons.